The molecule has 2 N–H and O–H groups in total. The summed E-state index contributed by atoms with van der Waals surface area (Å²) in [4.78, 5) is 14.4. The monoisotopic (exact) mass is 551 g/mol. The van der Waals surface area contributed by atoms with Gasteiger partial charge in [0.25, 0.3) is 0 Å². The highest BCUT2D eigenvalue weighted by molar-refractivity contribution is 5.85. The van der Waals surface area contributed by atoms with E-state index in [-0.39, 0.29) is 61.7 Å². The number of benzene rings is 2. The summed E-state index contributed by atoms with van der Waals surface area (Å²) in [6.45, 7) is -0.429. The van der Waals surface area contributed by atoms with Crippen molar-refractivity contribution in [3.8, 4) is 0 Å². The molecule has 200 valence electrons. The van der Waals surface area contributed by atoms with Gasteiger partial charge in [0.2, 0.25) is 11.7 Å². The van der Waals surface area contributed by atoms with Crippen molar-refractivity contribution in [1.82, 2.24) is 19.7 Å². The lowest BCUT2D eigenvalue weighted by atomic mass is 9.99. The van der Waals surface area contributed by atoms with Gasteiger partial charge in [-0.3, -0.25) is 4.79 Å². The maximum atomic E-state index is 14.4. The Balaban J connectivity index is 0.00000380. The highest BCUT2D eigenvalue weighted by Crippen LogP contribution is 2.35. The Hall–Kier alpha value is -3.19. The molecule has 4 rings (SSSR count). The van der Waals surface area contributed by atoms with Crippen LogP contribution in [0.4, 0.5) is 30.7 Å². The lowest BCUT2D eigenvalue weighted by molar-refractivity contribution is -0.148. The summed E-state index contributed by atoms with van der Waals surface area (Å²) in [6.07, 6.45) is -5.64. The van der Waals surface area contributed by atoms with Crippen molar-refractivity contribution in [3.63, 3.8) is 0 Å². The van der Waals surface area contributed by atoms with Crippen molar-refractivity contribution in [3.05, 3.63) is 82.4 Å². The number of hydrogen-bond acceptors (Lipinski definition) is 4. The molecule has 1 aliphatic heterocycles. The number of nitrogens with zero attached hydrogens (tertiary/aromatic N) is 4. The molecule has 0 fully saturated rings. The van der Waals surface area contributed by atoms with E-state index < -0.39 is 53.3 Å². The van der Waals surface area contributed by atoms with E-state index >= 15 is 0 Å². The van der Waals surface area contributed by atoms with Gasteiger partial charge in [-0.1, -0.05) is 18.2 Å². The van der Waals surface area contributed by atoms with Crippen LogP contribution < -0.4 is 5.73 Å². The second kappa shape index (κ2) is 11.1. The molecule has 1 aromatic heterocycles. The molecule has 0 bridgehead atoms. The SMILES string of the molecule is Cl.N[C@@H](CC(=O)N1CCn2c(nnc2C(F)(F)F)C1Cc1ccccc1F)Cc1cc(F)c(F)cc1F. The van der Waals surface area contributed by atoms with E-state index in [4.69, 9.17) is 5.73 Å². The van der Waals surface area contributed by atoms with E-state index in [1.807, 2.05) is 0 Å². The molecular formula is C23H21ClF7N5O. The van der Waals surface area contributed by atoms with E-state index in [1.54, 1.807) is 6.07 Å². The number of alkyl halides is 3. The molecule has 3 aromatic rings. The van der Waals surface area contributed by atoms with Crippen LogP contribution in [0.1, 0.15) is 35.2 Å². The third-order valence-electron chi connectivity index (χ3n) is 5.97. The summed E-state index contributed by atoms with van der Waals surface area (Å²) in [6, 6.07) is 4.54. The minimum absolute atomic E-state index is 0. The lowest BCUT2D eigenvalue weighted by Crippen LogP contribution is -2.46. The van der Waals surface area contributed by atoms with Gasteiger partial charge >= 0.3 is 6.18 Å². The number of halogens is 8. The molecule has 14 heteroatoms. The Morgan fingerprint density at radius 3 is 2.32 bits per heavy atom. The number of rotatable bonds is 6. The molecule has 0 saturated heterocycles. The standard InChI is InChI=1S/C23H20F7N5O.ClH/c24-15-4-2-1-3-12(15)9-19-21-32-33-22(23(28,29)30)35(21)6-5-34(19)20(36)10-14(31)7-13-8-17(26)18(27)11-16(13)25;/h1-4,8,11,14,19H,5-7,9-10,31H2;1H/t14-,19?;/m1./s1. The van der Waals surface area contributed by atoms with Crippen molar-refractivity contribution in [2.75, 3.05) is 6.54 Å². The molecule has 0 radical (unpaired) electrons. The summed E-state index contributed by atoms with van der Waals surface area (Å²) in [5, 5.41) is 6.90. The average molecular weight is 552 g/mol. The molecule has 0 saturated carbocycles. The van der Waals surface area contributed by atoms with Crippen LogP contribution in [0.15, 0.2) is 36.4 Å². The zero-order chi connectivity index (χ0) is 26.2. The molecule has 2 heterocycles. The molecule has 1 amide bonds. The first-order valence-electron chi connectivity index (χ1n) is 10.9. The van der Waals surface area contributed by atoms with Crippen LogP contribution in [-0.2, 0) is 30.4 Å². The third kappa shape index (κ3) is 6.04. The van der Waals surface area contributed by atoms with Gasteiger partial charge in [-0.25, -0.2) is 17.6 Å². The van der Waals surface area contributed by atoms with Crippen LogP contribution >= 0.6 is 12.4 Å². The Morgan fingerprint density at radius 2 is 1.65 bits per heavy atom. The number of nitrogens with two attached hydrogens (primary N) is 1. The van der Waals surface area contributed by atoms with Crippen LogP contribution in [0.2, 0.25) is 0 Å². The van der Waals surface area contributed by atoms with Crippen molar-refractivity contribution in [2.24, 2.45) is 5.73 Å². The molecule has 1 aliphatic rings. The molecule has 1 unspecified atom stereocenters. The maximum Gasteiger partial charge on any atom is 0.451 e. The van der Waals surface area contributed by atoms with Crippen LogP contribution in [0, 0.1) is 23.3 Å². The first-order valence-corrected chi connectivity index (χ1v) is 10.9. The van der Waals surface area contributed by atoms with Gasteiger partial charge in [-0.15, -0.1) is 22.6 Å². The van der Waals surface area contributed by atoms with Crippen molar-refractivity contribution in [1.29, 1.82) is 0 Å². The summed E-state index contributed by atoms with van der Waals surface area (Å²) < 4.78 is 96.0. The first-order chi connectivity index (χ1) is 17.0. The minimum atomic E-state index is -4.78. The summed E-state index contributed by atoms with van der Waals surface area (Å²) >= 11 is 0. The predicted molar refractivity (Wildman–Crippen MR) is 119 cm³/mol. The van der Waals surface area contributed by atoms with E-state index in [0.717, 1.165) is 4.57 Å². The number of carbonyl (C=O) groups excluding carboxylic acids is 1. The van der Waals surface area contributed by atoms with Crippen LogP contribution in [0.5, 0.6) is 0 Å². The normalized spacial score (nSPS) is 16.2. The van der Waals surface area contributed by atoms with Gasteiger partial charge in [0, 0.05) is 38.0 Å². The zero-order valence-electron chi connectivity index (χ0n) is 19.0. The van der Waals surface area contributed by atoms with Gasteiger partial charge < -0.3 is 15.2 Å². The smallest absolute Gasteiger partial charge is 0.330 e. The Bertz CT molecular complexity index is 1280. The number of fused-ring (bicyclic) bond motifs is 1. The van der Waals surface area contributed by atoms with Crippen molar-refractivity contribution >= 4 is 18.3 Å². The van der Waals surface area contributed by atoms with Crippen LogP contribution in [-0.4, -0.2) is 38.2 Å². The molecule has 0 aliphatic carbocycles. The highest BCUT2D eigenvalue weighted by Gasteiger charge is 2.43. The van der Waals surface area contributed by atoms with Crippen molar-refractivity contribution in [2.45, 2.75) is 44.1 Å². The van der Waals surface area contributed by atoms with Gasteiger partial charge in [-0.05, 0) is 29.7 Å². The third-order valence-corrected chi connectivity index (χ3v) is 5.97. The Morgan fingerprint density at radius 1 is 0.973 bits per heavy atom. The topological polar surface area (TPSA) is 77.0 Å². The van der Waals surface area contributed by atoms with E-state index in [9.17, 15) is 35.5 Å². The minimum Gasteiger partial charge on any atom is -0.330 e. The first kappa shape index (κ1) is 28.4. The fourth-order valence-corrected chi connectivity index (χ4v) is 4.28. The van der Waals surface area contributed by atoms with Gasteiger partial charge in [-0.2, -0.15) is 13.2 Å². The predicted octanol–water partition coefficient (Wildman–Crippen LogP) is 4.36. The van der Waals surface area contributed by atoms with Gasteiger partial charge in [0.05, 0.1) is 6.04 Å². The highest BCUT2D eigenvalue weighted by atomic mass is 35.5. The van der Waals surface area contributed by atoms with Crippen molar-refractivity contribution < 1.29 is 35.5 Å². The van der Waals surface area contributed by atoms with E-state index in [2.05, 4.69) is 10.2 Å². The number of aromatic nitrogens is 3. The molecule has 6 nitrogen and oxygen atoms in total. The Labute approximate surface area is 212 Å². The molecule has 2 atom stereocenters. The molecule has 2 aromatic carbocycles. The van der Waals surface area contributed by atoms with Crippen LogP contribution in [0.3, 0.4) is 0 Å². The lowest BCUT2D eigenvalue weighted by Gasteiger charge is -2.36. The fourth-order valence-electron chi connectivity index (χ4n) is 4.28. The van der Waals surface area contributed by atoms with E-state index in [1.165, 1.54) is 23.1 Å². The van der Waals surface area contributed by atoms with Crippen LogP contribution in [0.25, 0.3) is 0 Å². The Kier molecular flexibility index (Phi) is 8.48. The molecular weight excluding hydrogens is 531 g/mol. The summed E-state index contributed by atoms with van der Waals surface area (Å²) in [5.41, 5.74) is 5.90. The average Bonchev–Trinajstić information content (AvgIpc) is 3.24. The largest absolute Gasteiger partial charge is 0.451 e. The quantitative estimate of drug-likeness (QED) is 0.365. The molecule has 37 heavy (non-hydrogen) atoms. The summed E-state index contributed by atoms with van der Waals surface area (Å²) in [5.74, 6) is -6.27. The second-order valence-corrected chi connectivity index (χ2v) is 8.46. The zero-order valence-corrected chi connectivity index (χ0v) is 19.8. The van der Waals surface area contributed by atoms with Gasteiger partial charge in [0.15, 0.2) is 17.5 Å². The maximum absolute atomic E-state index is 14.4. The second-order valence-electron chi connectivity index (χ2n) is 8.46. The molecule has 0 spiro atoms. The fraction of sp³-hybridized carbons (Fsp3) is 0.348. The number of amides is 1. The summed E-state index contributed by atoms with van der Waals surface area (Å²) in [7, 11) is 0. The number of carbonyl (C=O) groups is 1. The van der Waals surface area contributed by atoms with Gasteiger partial charge in [0.1, 0.15) is 11.6 Å². The number of hydrogen-bond donors (Lipinski definition) is 1. The van der Waals surface area contributed by atoms with E-state index in [0.29, 0.717) is 12.1 Å².